The van der Waals surface area contributed by atoms with E-state index in [1.54, 1.807) is 18.7 Å². The lowest BCUT2D eigenvalue weighted by Crippen LogP contribution is -2.49. The summed E-state index contributed by atoms with van der Waals surface area (Å²) in [6, 6.07) is 3.36. The first-order chi connectivity index (χ1) is 12.4. The van der Waals surface area contributed by atoms with Crippen molar-refractivity contribution in [3.8, 4) is 10.6 Å². The molecule has 8 heteroatoms. The number of amides is 1. The lowest BCUT2D eigenvalue weighted by atomic mass is 10.1. The molecule has 1 aromatic carbocycles. The molecule has 0 bridgehead atoms. The predicted octanol–water partition coefficient (Wildman–Crippen LogP) is 3.01. The first-order valence-corrected chi connectivity index (χ1v) is 9.18. The third-order valence-electron chi connectivity index (χ3n) is 4.26. The quantitative estimate of drug-likeness (QED) is 0.883. The van der Waals surface area contributed by atoms with Gasteiger partial charge in [-0.15, -0.1) is 11.3 Å². The number of benzene rings is 1. The number of carbonyl (C=O) groups is 1. The number of aryl methyl sites for hydroxylation is 1. The average molecular weight is 382 g/mol. The molecule has 0 unspecified atom stereocenters. The van der Waals surface area contributed by atoms with Crippen LogP contribution in [0.2, 0.25) is 0 Å². The Morgan fingerprint density at radius 1 is 1.46 bits per heavy atom. The van der Waals surface area contributed by atoms with E-state index in [1.165, 1.54) is 6.07 Å². The van der Waals surface area contributed by atoms with Gasteiger partial charge in [0, 0.05) is 12.1 Å². The van der Waals surface area contributed by atoms with Crippen molar-refractivity contribution in [2.75, 3.05) is 19.8 Å². The van der Waals surface area contributed by atoms with Crippen molar-refractivity contribution in [2.24, 2.45) is 0 Å². The van der Waals surface area contributed by atoms with Crippen molar-refractivity contribution in [3.05, 3.63) is 40.4 Å². The van der Waals surface area contributed by atoms with Crippen molar-refractivity contribution in [1.29, 1.82) is 0 Å². The van der Waals surface area contributed by atoms with Gasteiger partial charge in [0.1, 0.15) is 9.88 Å². The van der Waals surface area contributed by atoms with Gasteiger partial charge in [0.05, 0.1) is 31.1 Å². The highest BCUT2D eigenvalue weighted by Crippen LogP contribution is 2.30. The van der Waals surface area contributed by atoms with Crippen LogP contribution in [0.3, 0.4) is 0 Å². The molecule has 1 saturated heterocycles. The molecule has 3 rings (SSSR count). The van der Waals surface area contributed by atoms with Crippen LogP contribution in [0.4, 0.5) is 8.78 Å². The zero-order chi connectivity index (χ0) is 18.8. The highest BCUT2D eigenvalue weighted by atomic mass is 32.1. The van der Waals surface area contributed by atoms with Crippen LogP contribution < -0.4 is 0 Å². The Balaban J connectivity index is 1.87. The Kier molecular flexibility index (Phi) is 5.64. The minimum Gasteiger partial charge on any atom is -0.393 e. The number of thiazole rings is 1. The number of hydrogen-bond donors (Lipinski definition) is 1. The molecule has 1 amide bonds. The van der Waals surface area contributed by atoms with Crippen molar-refractivity contribution in [3.63, 3.8) is 0 Å². The van der Waals surface area contributed by atoms with E-state index in [2.05, 4.69) is 4.98 Å². The van der Waals surface area contributed by atoms with Gasteiger partial charge in [-0.25, -0.2) is 13.8 Å². The smallest absolute Gasteiger partial charge is 0.266 e. The number of carbonyl (C=O) groups excluding carboxylic acids is 1. The minimum absolute atomic E-state index is 0.178. The summed E-state index contributed by atoms with van der Waals surface area (Å²) >= 11 is 1.16. The van der Waals surface area contributed by atoms with Gasteiger partial charge in [-0.1, -0.05) is 0 Å². The molecule has 0 saturated carbocycles. The number of ether oxygens (including phenoxy) is 1. The van der Waals surface area contributed by atoms with Crippen molar-refractivity contribution in [1.82, 2.24) is 9.88 Å². The van der Waals surface area contributed by atoms with Crippen LogP contribution in [0.5, 0.6) is 0 Å². The molecule has 0 aliphatic carbocycles. The van der Waals surface area contributed by atoms with E-state index in [9.17, 15) is 18.7 Å². The van der Waals surface area contributed by atoms with Gasteiger partial charge >= 0.3 is 0 Å². The van der Waals surface area contributed by atoms with Gasteiger partial charge in [-0.05, 0) is 38.5 Å². The standard InChI is InChI=1S/C18H20F2N2O3S/c1-10(23)7-13-9-25-6-5-22(13)18(24)16-11(2)21-17(26-16)12-3-4-14(19)15(20)8-12/h3-4,8,10,13,23H,5-7,9H2,1-2H3/t10-,13+/m1/s1. The van der Waals surface area contributed by atoms with Crippen molar-refractivity contribution in [2.45, 2.75) is 32.4 Å². The Morgan fingerprint density at radius 2 is 2.23 bits per heavy atom. The first-order valence-electron chi connectivity index (χ1n) is 8.36. The maximum atomic E-state index is 13.5. The van der Waals surface area contributed by atoms with Crippen LogP contribution in [0.25, 0.3) is 10.6 Å². The summed E-state index contributed by atoms with van der Waals surface area (Å²) in [5.74, 6) is -2.05. The molecule has 2 aromatic rings. The summed E-state index contributed by atoms with van der Waals surface area (Å²) in [5.41, 5.74) is 0.973. The Hall–Kier alpha value is -1.90. The number of rotatable bonds is 4. The Morgan fingerprint density at radius 3 is 2.92 bits per heavy atom. The Bertz CT molecular complexity index is 810. The molecule has 1 fully saturated rings. The average Bonchev–Trinajstić information content (AvgIpc) is 2.98. The van der Waals surface area contributed by atoms with Crippen LogP contribution in [0, 0.1) is 18.6 Å². The number of aliphatic hydroxyl groups excluding tert-OH is 1. The number of aromatic nitrogens is 1. The molecule has 5 nitrogen and oxygen atoms in total. The molecule has 1 aliphatic rings. The predicted molar refractivity (Wildman–Crippen MR) is 94.1 cm³/mol. The van der Waals surface area contributed by atoms with Crippen LogP contribution in [-0.4, -0.2) is 52.8 Å². The van der Waals surface area contributed by atoms with E-state index in [-0.39, 0.29) is 11.9 Å². The molecular formula is C18H20F2N2O3S. The molecule has 26 heavy (non-hydrogen) atoms. The van der Waals surface area contributed by atoms with Crippen molar-refractivity contribution < 1.29 is 23.4 Å². The van der Waals surface area contributed by atoms with Crippen molar-refractivity contribution >= 4 is 17.2 Å². The van der Waals surface area contributed by atoms with Gasteiger partial charge in [-0.2, -0.15) is 0 Å². The summed E-state index contributed by atoms with van der Waals surface area (Å²) in [7, 11) is 0. The normalized spacial score (nSPS) is 18.8. The van der Waals surface area contributed by atoms with Crippen LogP contribution >= 0.6 is 11.3 Å². The van der Waals surface area contributed by atoms with Gasteiger partial charge in [0.2, 0.25) is 0 Å². The maximum absolute atomic E-state index is 13.5. The SMILES string of the molecule is Cc1nc(-c2ccc(F)c(F)c2)sc1C(=O)N1CCOC[C@@H]1C[C@@H](C)O. The summed E-state index contributed by atoms with van der Waals surface area (Å²) in [6.45, 7) is 4.65. The monoisotopic (exact) mass is 382 g/mol. The second-order valence-electron chi connectivity index (χ2n) is 6.37. The highest BCUT2D eigenvalue weighted by molar-refractivity contribution is 7.17. The second kappa shape index (κ2) is 7.77. The Labute approximate surface area is 154 Å². The molecule has 1 aliphatic heterocycles. The lowest BCUT2D eigenvalue weighted by Gasteiger charge is -2.36. The molecule has 1 aromatic heterocycles. The topological polar surface area (TPSA) is 62.7 Å². The second-order valence-corrected chi connectivity index (χ2v) is 7.37. The number of aliphatic hydroxyl groups is 1. The largest absolute Gasteiger partial charge is 0.393 e. The van der Waals surface area contributed by atoms with E-state index >= 15 is 0 Å². The molecule has 2 atom stereocenters. The third kappa shape index (κ3) is 3.92. The fraction of sp³-hybridized carbons (Fsp3) is 0.444. The van der Waals surface area contributed by atoms with Gasteiger partial charge in [0.25, 0.3) is 5.91 Å². The van der Waals surface area contributed by atoms with E-state index < -0.39 is 17.7 Å². The van der Waals surface area contributed by atoms with E-state index in [0.29, 0.717) is 47.3 Å². The number of halogens is 2. The zero-order valence-electron chi connectivity index (χ0n) is 14.5. The number of hydrogen-bond acceptors (Lipinski definition) is 5. The molecule has 2 heterocycles. The number of nitrogens with zero attached hydrogens (tertiary/aromatic N) is 2. The van der Waals surface area contributed by atoms with Crippen LogP contribution in [0.15, 0.2) is 18.2 Å². The summed E-state index contributed by atoms with van der Waals surface area (Å²) < 4.78 is 32.0. The van der Waals surface area contributed by atoms with E-state index in [4.69, 9.17) is 4.74 Å². The lowest BCUT2D eigenvalue weighted by molar-refractivity contribution is -0.0150. The highest BCUT2D eigenvalue weighted by Gasteiger charge is 2.31. The maximum Gasteiger partial charge on any atom is 0.266 e. The fourth-order valence-corrected chi connectivity index (χ4v) is 4.01. The summed E-state index contributed by atoms with van der Waals surface area (Å²) in [4.78, 5) is 19.5. The van der Waals surface area contributed by atoms with Gasteiger partial charge in [-0.3, -0.25) is 4.79 Å². The minimum atomic E-state index is -0.951. The van der Waals surface area contributed by atoms with E-state index in [1.807, 2.05) is 0 Å². The van der Waals surface area contributed by atoms with E-state index in [0.717, 1.165) is 23.5 Å². The van der Waals surface area contributed by atoms with Crippen LogP contribution in [-0.2, 0) is 4.74 Å². The molecule has 0 radical (unpaired) electrons. The third-order valence-corrected chi connectivity index (χ3v) is 5.45. The number of morpholine rings is 1. The van der Waals surface area contributed by atoms with Gasteiger partial charge in [0.15, 0.2) is 11.6 Å². The van der Waals surface area contributed by atoms with Gasteiger partial charge < -0.3 is 14.7 Å². The molecule has 1 N–H and O–H groups in total. The summed E-state index contributed by atoms with van der Waals surface area (Å²) in [6.07, 6.45) is -0.114. The summed E-state index contributed by atoms with van der Waals surface area (Å²) in [5, 5.41) is 10.1. The molecule has 140 valence electrons. The van der Waals surface area contributed by atoms with Crippen LogP contribution in [0.1, 0.15) is 28.7 Å². The molecular weight excluding hydrogens is 362 g/mol. The first kappa shape index (κ1) is 18.9. The zero-order valence-corrected chi connectivity index (χ0v) is 15.4. The fourth-order valence-electron chi connectivity index (χ4n) is 2.99. The molecule has 0 spiro atoms.